The number of aliphatic hydroxyl groups is 3. The van der Waals surface area contributed by atoms with Gasteiger partial charge in [-0.2, -0.15) is 0 Å². The summed E-state index contributed by atoms with van der Waals surface area (Å²) in [6, 6.07) is 23.7. The average molecular weight is 790 g/mol. The van der Waals surface area contributed by atoms with Crippen LogP contribution in [0.3, 0.4) is 0 Å². The van der Waals surface area contributed by atoms with Gasteiger partial charge in [0, 0.05) is 37.4 Å². The Morgan fingerprint density at radius 3 is 0.947 bits per heavy atom. The first kappa shape index (κ1) is 46.5. The first-order valence-corrected chi connectivity index (χ1v) is 21.2. The lowest BCUT2D eigenvalue weighted by Crippen LogP contribution is -2.43. The van der Waals surface area contributed by atoms with Gasteiger partial charge < -0.3 is 44.2 Å². The Morgan fingerprint density at radius 2 is 0.719 bits per heavy atom. The first-order chi connectivity index (χ1) is 27.2. The number of hydrogen-bond donors (Lipinski definition) is 3. The molecule has 0 bridgehead atoms. The third kappa shape index (κ3) is 12.4. The second-order valence-electron chi connectivity index (χ2n) is 17.6. The summed E-state index contributed by atoms with van der Waals surface area (Å²) in [5.41, 5.74) is 0.862. The fourth-order valence-corrected chi connectivity index (χ4v) is 9.55. The number of rotatable bonds is 12. The average Bonchev–Trinajstić information content (AvgIpc) is 3.20. The number of benzene rings is 3. The molecule has 3 aromatic rings. The smallest absolute Gasteiger partial charge is 0.119 e. The van der Waals surface area contributed by atoms with Crippen LogP contribution >= 0.6 is 0 Å². The fourth-order valence-electron chi connectivity index (χ4n) is 9.55. The van der Waals surface area contributed by atoms with Crippen molar-refractivity contribution in [2.45, 2.75) is 93.9 Å². The zero-order valence-electron chi connectivity index (χ0n) is 36.7. The lowest BCUT2D eigenvalue weighted by atomic mass is 9.71. The van der Waals surface area contributed by atoms with E-state index in [1.54, 1.807) is 21.3 Å². The lowest BCUT2D eigenvalue weighted by Gasteiger charge is -2.41. The maximum atomic E-state index is 11.2. The van der Waals surface area contributed by atoms with E-state index in [4.69, 9.17) is 14.2 Å². The molecule has 9 heteroatoms. The largest absolute Gasteiger partial charge is 0.497 e. The maximum Gasteiger partial charge on any atom is 0.119 e. The standard InChI is InChI=1S/3C16H25NO2/c3*1-17(2)12-14-7-4-5-10-16(14,18)13-8-6-9-15(11-13)19-3/h3*6,8-9,11,14,18H,4-5,7,10,12H2,1-3H3/t2*14-,16+;/m10./s1. The van der Waals surface area contributed by atoms with Crippen molar-refractivity contribution in [1.82, 2.24) is 14.7 Å². The number of ether oxygens (including phenoxy) is 3. The third-order valence-corrected chi connectivity index (χ3v) is 12.6. The molecule has 3 aromatic carbocycles. The number of hydrogen-bond acceptors (Lipinski definition) is 9. The summed E-state index contributed by atoms with van der Waals surface area (Å²) in [5.74, 6) is 3.34. The molecule has 0 aromatic heterocycles. The first-order valence-electron chi connectivity index (χ1n) is 21.2. The molecule has 0 radical (unpaired) electrons. The van der Waals surface area contributed by atoms with E-state index in [9.17, 15) is 15.3 Å². The van der Waals surface area contributed by atoms with Crippen LogP contribution in [0.2, 0.25) is 0 Å². The molecule has 9 nitrogen and oxygen atoms in total. The monoisotopic (exact) mass is 790 g/mol. The van der Waals surface area contributed by atoms with Gasteiger partial charge in [0.25, 0.3) is 0 Å². The summed E-state index contributed by atoms with van der Waals surface area (Å²) in [7, 11) is 17.4. The summed E-state index contributed by atoms with van der Waals surface area (Å²) < 4.78 is 15.9. The molecule has 6 rings (SSSR count). The van der Waals surface area contributed by atoms with Crippen LogP contribution in [0.15, 0.2) is 72.8 Å². The normalized spacial score (nSPS) is 27.5. The Labute approximate surface area is 344 Å². The van der Waals surface area contributed by atoms with Crippen molar-refractivity contribution in [3.8, 4) is 17.2 Å². The van der Waals surface area contributed by atoms with Crippen molar-refractivity contribution >= 4 is 0 Å². The van der Waals surface area contributed by atoms with Gasteiger partial charge in [-0.1, -0.05) is 74.9 Å². The molecule has 3 fully saturated rings. The van der Waals surface area contributed by atoms with Gasteiger partial charge in [0.1, 0.15) is 17.2 Å². The highest BCUT2D eigenvalue weighted by atomic mass is 16.5. The Morgan fingerprint density at radius 1 is 0.456 bits per heavy atom. The van der Waals surface area contributed by atoms with Crippen LogP contribution in [0.25, 0.3) is 0 Å². The number of methoxy groups -OCH3 is 3. The van der Waals surface area contributed by atoms with Crippen LogP contribution in [0, 0.1) is 17.8 Å². The van der Waals surface area contributed by atoms with Gasteiger partial charge >= 0.3 is 0 Å². The zero-order chi connectivity index (χ0) is 41.6. The molecule has 0 aliphatic heterocycles. The van der Waals surface area contributed by atoms with E-state index in [0.717, 1.165) is 111 Å². The van der Waals surface area contributed by atoms with E-state index in [1.807, 2.05) is 72.8 Å². The van der Waals surface area contributed by atoms with Crippen LogP contribution in [0.4, 0.5) is 0 Å². The molecule has 57 heavy (non-hydrogen) atoms. The van der Waals surface area contributed by atoms with Crippen LogP contribution in [0.1, 0.15) is 93.7 Å². The molecule has 2 unspecified atom stereocenters. The summed E-state index contributed by atoms with van der Waals surface area (Å²) >= 11 is 0. The van der Waals surface area contributed by atoms with Crippen LogP contribution in [-0.2, 0) is 16.8 Å². The second-order valence-corrected chi connectivity index (χ2v) is 17.6. The fraction of sp³-hybridized carbons (Fsp3) is 0.625. The quantitative estimate of drug-likeness (QED) is 0.169. The highest BCUT2D eigenvalue weighted by Crippen LogP contribution is 2.45. The van der Waals surface area contributed by atoms with Gasteiger partial charge in [0.2, 0.25) is 0 Å². The molecular formula is C48H75N3O6. The van der Waals surface area contributed by atoms with Gasteiger partial charge in [-0.05, 0) is 134 Å². The molecule has 3 saturated carbocycles. The molecule has 3 aliphatic carbocycles. The maximum absolute atomic E-state index is 11.2. The molecule has 0 saturated heterocycles. The minimum absolute atomic E-state index is 0.295. The van der Waals surface area contributed by atoms with E-state index in [1.165, 1.54) is 19.3 Å². The topological polar surface area (TPSA) is 98.1 Å². The van der Waals surface area contributed by atoms with E-state index in [0.29, 0.717) is 17.8 Å². The molecule has 0 spiro atoms. The van der Waals surface area contributed by atoms with Gasteiger partial charge in [-0.25, -0.2) is 0 Å². The third-order valence-electron chi connectivity index (χ3n) is 12.6. The van der Waals surface area contributed by atoms with Gasteiger partial charge in [-0.3, -0.25) is 0 Å². The predicted octanol–water partition coefficient (Wildman–Crippen LogP) is 7.90. The minimum atomic E-state index is -0.711. The molecule has 318 valence electrons. The van der Waals surface area contributed by atoms with Crippen molar-refractivity contribution in [3.63, 3.8) is 0 Å². The van der Waals surface area contributed by atoms with Crippen LogP contribution in [-0.4, -0.2) is 113 Å². The SMILES string of the molecule is COc1cccc(C2(O)CCCCC2CN(C)C)c1.COc1cccc([C@@]2(O)CCCC[C@@H]2CN(C)C)c1.COc1cccc([C@]2(O)CCCC[C@H]2CN(C)C)c1. The van der Waals surface area contributed by atoms with E-state index in [2.05, 4.69) is 57.0 Å². The van der Waals surface area contributed by atoms with Crippen molar-refractivity contribution in [2.75, 3.05) is 83.2 Å². The van der Waals surface area contributed by atoms with E-state index in [-0.39, 0.29) is 0 Å². The summed E-state index contributed by atoms with van der Waals surface area (Å²) in [6.07, 6.45) is 12.7. The second kappa shape index (κ2) is 21.7. The molecule has 3 N–H and O–H groups in total. The Balaban J connectivity index is 0.000000189. The highest BCUT2D eigenvalue weighted by Gasteiger charge is 2.42. The van der Waals surface area contributed by atoms with Crippen molar-refractivity contribution in [2.24, 2.45) is 17.8 Å². The minimum Gasteiger partial charge on any atom is -0.497 e. The molecule has 3 aliphatic rings. The summed E-state index contributed by atoms with van der Waals surface area (Å²) in [4.78, 5) is 6.50. The van der Waals surface area contributed by atoms with Crippen molar-refractivity contribution < 1.29 is 29.5 Å². The Bertz CT molecular complexity index is 1450. The van der Waals surface area contributed by atoms with Gasteiger partial charge in [0.15, 0.2) is 0 Å². The lowest BCUT2D eigenvalue weighted by molar-refractivity contribution is -0.0621. The molecular weight excluding hydrogens is 715 g/mol. The Hall–Kier alpha value is -3.18. The molecule has 6 atom stereocenters. The Kier molecular flexibility index (Phi) is 17.7. The highest BCUT2D eigenvalue weighted by molar-refractivity contribution is 5.35. The van der Waals surface area contributed by atoms with Crippen molar-refractivity contribution in [1.29, 1.82) is 0 Å². The van der Waals surface area contributed by atoms with E-state index < -0.39 is 16.8 Å². The summed E-state index contributed by atoms with van der Waals surface area (Å²) in [6.45, 7) is 2.77. The van der Waals surface area contributed by atoms with Crippen LogP contribution in [0.5, 0.6) is 17.2 Å². The predicted molar refractivity (Wildman–Crippen MR) is 232 cm³/mol. The molecule has 0 amide bonds. The summed E-state index contributed by atoms with van der Waals surface area (Å²) in [5, 5.41) is 33.6. The van der Waals surface area contributed by atoms with Crippen molar-refractivity contribution in [3.05, 3.63) is 89.5 Å². The van der Waals surface area contributed by atoms with E-state index >= 15 is 0 Å². The van der Waals surface area contributed by atoms with Gasteiger partial charge in [-0.15, -0.1) is 0 Å². The molecule has 0 heterocycles. The van der Waals surface area contributed by atoms with Gasteiger partial charge in [0.05, 0.1) is 38.1 Å². The zero-order valence-corrected chi connectivity index (χ0v) is 36.7. The number of nitrogens with zero attached hydrogens (tertiary/aromatic N) is 3. The van der Waals surface area contributed by atoms with Crippen LogP contribution < -0.4 is 14.2 Å².